The van der Waals surface area contributed by atoms with Crippen LogP contribution < -0.4 is 11.2 Å². The van der Waals surface area contributed by atoms with Crippen molar-refractivity contribution in [1.29, 1.82) is 0 Å². The first kappa shape index (κ1) is 12.4. The van der Waals surface area contributed by atoms with Crippen molar-refractivity contribution in [3.8, 4) is 0 Å². The molecule has 3 aromatic rings. The first-order valence-electron chi connectivity index (χ1n) is 6.27. The summed E-state index contributed by atoms with van der Waals surface area (Å²) >= 11 is 0. The zero-order chi connectivity index (χ0) is 14.1. The number of pyridine rings is 1. The molecule has 0 amide bonds. The van der Waals surface area contributed by atoms with Crippen LogP contribution in [0.2, 0.25) is 0 Å². The highest BCUT2D eigenvalue weighted by Gasteiger charge is 2.06. The molecule has 1 aromatic heterocycles. The zero-order valence-electron chi connectivity index (χ0n) is 10.7. The number of halogens is 1. The minimum Gasteiger partial charge on any atom is -0.399 e. The van der Waals surface area contributed by atoms with Crippen molar-refractivity contribution in [2.24, 2.45) is 0 Å². The molecule has 2 N–H and O–H groups in total. The lowest BCUT2D eigenvalue weighted by atomic mass is 10.1. The van der Waals surface area contributed by atoms with Gasteiger partial charge in [-0.1, -0.05) is 18.2 Å². The molecule has 0 saturated carbocycles. The summed E-state index contributed by atoms with van der Waals surface area (Å²) in [5.41, 5.74) is 7.23. The summed E-state index contributed by atoms with van der Waals surface area (Å²) in [5, 5.41) is 0.630. The van der Waals surface area contributed by atoms with Gasteiger partial charge in [0, 0.05) is 28.9 Å². The van der Waals surface area contributed by atoms with Crippen LogP contribution in [0.3, 0.4) is 0 Å². The summed E-state index contributed by atoms with van der Waals surface area (Å²) in [4.78, 5) is 11.8. The lowest BCUT2D eigenvalue weighted by Gasteiger charge is -2.11. The SMILES string of the molecule is Nc1ccc(Cn2ccc(=O)c3ccccc32)c(F)c1. The van der Waals surface area contributed by atoms with E-state index >= 15 is 0 Å². The topological polar surface area (TPSA) is 48.0 Å². The fourth-order valence-electron chi connectivity index (χ4n) is 2.27. The van der Waals surface area contributed by atoms with Gasteiger partial charge in [-0.15, -0.1) is 0 Å². The number of rotatable bonds is 2. The molecule has 0 fully saturated rings. The highest BCUT2D eigenvalue weighted by atomic mass is 19.1. The van der Waals surface area contributed by atoms with Crippen LogP contribution >= 0.6 is 0 Å². The molecule has 3 nitrogen and oxygen atoms in total. The molecule has 2 aromatic carbocycles. The van der Waals surface area contributed by atoms with Crippen molar-refractivity contribution in [2.75, 3.05) is 5.73 Å². The molecule has 100 valence electrons. The summed E-state index contributed by atoms with van der Waals surface area (Å²) in [6.07, 6.45) is 1.68. The Morgan fingerprint density at radius 3 is 2.70 bits per heavy atom. The third kappa shape index (κ3) is 2.16. The van der Waals surface area contributed by atoms with Gasteiger partial charge in [-0.25, -0.2) is 4.39 Å². The molecule has 4 heteroatoms. The van der Waals surface area contributed by atoms with Crippen LogP contribution in [-0.4, -0.2) is 4.57 Å². The molecular formula is C16H13FN2O. The summed E-state index contributed by atoms with van der Waals surface area (Å²) in [6.45, 7) is 0.354. The Kier molecular flexibility index (Phi) is 2.99. The van der Waals surface area contributed by atoms with E-state index in [-0.39, 0.29) is 11.2 Å². The number of benzene rings is 2. The number of fused-ring (bicyclic) bond motifs is 1. The molecule has 0 spiro atoms. The number of para-hydroxylation sites is 1. The second-order valence-corrected chi connectivity index (χ2v) is 4.68. The van der Waals surface area contributed by atoms with Gasteiger partial charge >= 0.3 is 0 Å². The van der Waals surface area contributed by atoms with Crippen molar-refractivity contribution in [1.82, 2.24) is 4.57 Å². The Morgan fingerprint density at radius 2 is 1.90 bits per heavy atom. The van der Waals surface area contributed by atoms with E-state index < -0.39 is 0 Å². The average Bonchev–Trinajstić information content (AvgIpc) is 2.45. The van der Waals surface area contributed by atoms with Gasteiger partial charge in [0.1, 0.15) is 5.82 Å². The molecule has 0 bridgehead atoms. The first-order chi connectivity index (χ1) is 9.65. The van der Waals surface area contributed by atoms with Crippen molar-refractivity contribution >= 4 is 16.6 Å². The van der Waals surface area contributed by atoms with Gasteiger partial charge in [-0.3, -0.25) is 4.79 Å². The lowest BCUT2D eigenvalue weighted by Crippen LogP contribution is -2.09. The minimum atomic E-state index is -0.340. The van der Waals surface area contributed by atoms with Crippen molar-refractivity contribution < 1.29 is 4.39 Å². The third-order valence-electron chi connectivity index (χ3n) is 3.30. The van der Waals surface area contributed by atoms with Crippen LogP contribution in [0, 0.1) is 5.82 Å². The normalized spacial score (nSPS) is 10.8. The zero-order valence-corrected chi connectivity index (χ0v) is 10.7. The molecule has 0 atom stereocenters. The van der Waals surface area contributed by atoms with Crippen molar-refractivity contribution in [3.63, 3.8) is 0 Å². The number of nitrogen functional groups attached to an aromatic ring is 1. The van der Waals surface area contributed by atoms with Crippen LogP contribution in [0.25, 0.3) is 10.9 Å². The molecule has 0 saturated heterocycles. The molecule has 0 aliphatic carbocycles. The monoisotopic (exact) mass is 268 g/mol. The minimum absolute atomic E-state index is 0.0328. The highest BCUT2D eigenvalue weighted by Crippen LogP contribution is 2.16. The molecule has 0 aliphatic rings. The van der Waals surface area contributed by atoms with Crippen LogP contribution in [0.4, 0.5) is 10.1 Å². The predicted octanol–water partition coefficient (Wildman–Crippen LogP) is 2.77. The van der Waals surface area contributed by atoms with Crippen molar-refractivity contribution in [2.45, 2.75) is 6.54 Å². The Morgan fingerprint density at radius 1 is 1.10 bits per heavy atom. The van der Waals surface area contributed by atoms with Crippen LogP contribution in [0.5, 0.6) is 0 Å². The maximum Gasteiger partial charge on any atom is 0.189 e. The van der Waals surface area contributed by atoms with E-state index in [0.29, 0.717) is 23.2 Å². The van der Waals surface area contributed by atoms with Crippen LogP contribution in [-0.2, 0) is 6.54 Å². The number of nitrogens with zero attached hydrogens (tertiary/aromatic N) is 1. The fourth-order valence-corrected chi connectivity index (χ4v) is 2.27. The maximum absolute atomic E-state index is 13.9. The first-order valence-corrected chi connectivity index (χ1v) is 6.27. The van der Waals surface area contributed by atoms with Gasteiger partial charge in [0.15, 0.2) is 5.43 Å². The Balaban J connectivity index is 2.11. The number of nitrogens with two attached hydrogens (primary N) is 1. The van der Waals surface area contributed by atoms with E-state index in [1.807, 2.05) is 22.8 Å². The van der Waals surface area contributed by atoms with E-state index in [2.05, 4.69) is 0 Å². The summed E-state index contributed by atoms with van der Waals surface area (Å²) < 4.78 is 15.7. The summed E-state index contributed by atoms with van der Waals surface area (Å²) in [7, 11) is 0. The van der Waals surface area contributed by atoms with Gasteiger partial charge in [0.05, 0.1) is 12.1 Å². The Bertz CT molecular complexity index is 839. The highest BCUT2D eigenvalue weighted by molar-refractivity contribution is 5.78. The molecule has 20 heavy (non-hydrogen) atoms. The van der Waals surface area contributed by atoms with Gasteiger partial charge in [0.2, 0.25) is 0 Å². The summed E-state index contributed by atoms with van der Waals surface area (Å²) in [6, 6.07) is 13.4. The number of anilines is 1. The third-order valence-corrected chi connectivity index (χ3v) is 3.30. The van der Waals surface area contributed by atoms with E-state index in [1.54, 1.807) is 24.4 Å². The number of hydrogen-bond acceptors (Lipinski definition) is 2. The van der Waals surface area contributed by atoms with Gasteiger partial charge in [-0.05, 0) is 24.3 Å². The van der Waals surface area contributed by atoms with Crippen LogP contribution in [0.1, 0.15) is 5.56 Å². The van der Waals surface area contributed by atoms with Gasteiger partial charge in [0.25, 0.3) is 0 Å². The summed E-state index contributed by atoms with van der Waals surface area (Å²) in [5.74, 6) is -0.340. The van der Waals surface area contributed by atoms with E-state index in [1.165, 1.54) is 12.1 Å². The quantitative estimate of drug-likeness (QED) is 0.726. The number of hydrogen-bond donors (Lipinski definition) is 1. The molecular weight excluding hydrogens is 255 g/mol. The Labute approximate surface area is 115 Å². The second-order valence-electron chi connectivity index (χ2n) is 4.68. The lowest BCUT2D eigenvalue weighted by molar-refractivity contribution is 0.602. The van der Waals surface area contributed by atoms with E-state index in [0.717, 1.165) is 5.52 Å². The molecule has 3 rings (SSSR count). The largest absolute Gasteiger partial charge is 0.399 e. The fraction of sp³-hybridized carbons (Fsp3) is 0.0625. The molecule has 0 unspecified atom stereocenters. The van der Waals surface area contributed by atoms with Gasteiger partial charge < -0.3 is 10.3 Å². The second kappa shape index (κ2) is 4.81. The predicted molar refractivity (Wildman–Crippen MR) is 78.1 cm³/mol. The Hall–Kier alpha value is -2.62. The standard InChI is InChI=1S/C16H13FN2O/c17-14-9-12(18)6-5-11(14)10-19-8-7-16(20)13-3-1-2-4-15(13)19/h1-9H,10,18H2. The van der Waals surface area contributed by atoms with E-state index in [9.17, 15) is 9.18 Å². The maximum atomic E-state index is 13.9. The molecule has 0 aliphatic heterocycles. The average molecular weight is 268 g/mol. The smallest absolute Gasteiger partial charge is 0.189 e. The van der Waals surface area contributed by atoms with Crippen molar-refractivity contribution in [3.05, 3.63) is 76.3 Å². The molecule has 0 radical (unpaired) electrons. The van der Waals surface area contributed by atoms with Gasteiger partial charge in [-0.2, -0.15) is 0 Å². The number of aromatic nitrogens is 1. The van der Waals surface area contributed by atoms with Crippen LogP contribution in [0.15, 0.2) is 59.5 Å². The van der Waals surface area contributed by atoms with E-state index in [4.69, 9.17) is 5.73 Å². The molecule has 1 heterocycles.